The maximum absolute atomic E-state index is 12.4. The van der Waals surface area contributed by atoms with Gasteiger partial charge in [-0.15, -0.1) is 0 Å². The lowest BCUT2D eigenvalue weighted by Crippen LogP contribution is -2.34. The highest BCUT2D eigenvalue weighted by Gasteiger charge is 2.33. The zero-order chi connectivity index (χ0) is 21.2. The van der Waals surface area contributed by atoms with Crippen molar-refractivity contribution in [2.75, 3.05) is 36.3 Å². The van der Waals surface area contributed by atoms with Crippen LogP contribution in [0.25, 0.3) is 0 Å². The fourth-order valence-electron chi connectivity index (χ4n) is 3.56. The Hall–Kier alpha value is -3.14. The monoisotopic (exact) mass is 443 g/mol. The Morgan fingerprint density at radius 1 is 1.26 bits per heavy atom. The van der Waals surface area contributed by atoms with Gasteiger partial charge in [0.2, 0.25) is 12.7 Å². The van der Waals surface area contributed by atoms with Crippen molar-refractivity contribution in [2.24, 2.45) is 0 Å². The molecule has 2 fully saturated rings. The summed E-state index contributed by atoms with van der Waals surface area (Å²) in [6.07, 6.45) is 1.76. The lowest BCUT2D eigenvalue weighted by Gasteiger charge is -2.14. The Balaban J connectivity index is 1.14. The molecule has 2 amide bonds. The smallest absolute Gasteiger partial charge is 0.414 e. The van der Waals surface area contributed by atoms with Gasteiger partial charge in [-0.2, -0.15) is 11.8 Å². The summed E-state index contributed by atoms with van der Waals surface area (Å²) in [7, 11) is 0. The number of hydrogen-bond donors (Lipinski definition) is 1. The normalized spacial score (nSPS) is 21.8. The Kier molecular flexibility index (Phi) is 5.46. The largest absolute Gasteiger partial charge is 0.473 e. The number of cyclic esters (lactones) is 1. The third-order valence-electron chi connectivity index (χ3n) is 5.21. The average molecular weight is 443 g/mol. The fourth-order valence-corrected chi connectivity index (χ4v) is 4.66. The van der Waals surface area contributed by atoms with E-state index in [4.69, 9.17) is 18.9 Å². The highest BCUT2D eigenvalue weighted by molar-refractivity contribution is 7.99. The molecular weight excluding hydrogens is 422 g/mol. The number of pyridine rings is 1. The standard InChI is InChI=1S/C21H21N3O6S/c25-20(13-1-4-19(22-8-13)29-15-5-6-31-11-15)23-9-16-10-24(21(26)30-16)14-2-3-17-18(7-14)28-12-27-17/h1-4,7-8,15-16H,5-6,9-12H2,(H,23,25). The lowest BCUT2D eigenvalue weighted by molar-refractivity contribution is 0.0915. The first-order chi connectivity index (χ1) is 15.2. The summed E-state index contributed by atoms with van der Waals surface area (Å²) in [5.74, 6) is 3.54. The van der Waals surface area contributed by atoms with E-state index in [-0.39, 0.29) is 25.3 Å². The van der Waals surface area contributed by atoms with Gasteiger partial charge in [0.1, 0.15) is 12.2 Å². The molecule has 1 aromatic heterocycles. The first-order valence-electron chi connectivity index (χ1n) is 10.0. The molecule has 162 valence electrons. The number of fused-ring (bicyclic) bond motifs is 1. The van der Waals surface area contributed by atoms with Crippen molar-refractivity contribution in [1.29, 1.82) is 0 Å². The van der Waals surface area contributed by atoms with Gasteiger partial charge >= 0.3 is 6.09 Å². The molecule has 0 saturated carbocycles. The van der Waals surface area contributed by atoms with Gasteiger partial charge in [0.25, 0.3) is 5.91 Å². The Labute approximate surface area is 183 Å². The highest BCUT2D eigenvalue weighted by Crippen LogP contribution is 2.36. The second-order valence-corrected chi connectivity index (χ2v) is 8.50. The third kappa shape index (κ3) is 4.34. The zero-order valence-corrected chi connectivity index (χ0v) is 17.4. The van der Waals surface area contributed by atoms with Gasteiger partial charge in [-0.1, -0.05) is 0 Å². The van der Waals surface area contributed by atoms with E-state index in [0.29, 0.717) is 35.2 Å². The van der Waals surface area contributed by atoms with Gasteiger partial charge in [-0.25, -0.2) is 9.78 Å². The lowest BCUT2D eigenvalue weighted by atomic mass is 10.2. The molecule has 3 aliphatic heterocycles. The molecule has 0 spiro atoms. The van der Waals surface area contributed by atoms with E-state index >= 15 is 0 Å². The number of nitrogens with one attached hydrogen (secondary N) is 1. The molecule has 0 aliphatic carbocycles. The van der Waals surface area contributed by atoms with Crippen molar-refractivity contribution in [3.8, 4) is 17.4 Å². The van der Waals surface area contributed by atoms with Gasteiger partial charge in [-0.05, 0) is 30.4 Å². The Morgan fingerprint density at radius 2 is 2.16 bits per heavy atom. The maximum atomic E-state index is 12.4. The molecule has 5 rings (SSSR count). The second kappa shape index (κ2) is 8.54. The molecule has 1 N–H and O–H groups in total. The number of amides is 2. The predicted molar refractivity (Wildman–Crippen MR) is 113 cm³/mol. The minimum atomic E-state index is -0.466. The van der Waals surface area contributed by atoms with Crippen molar-refractivity contribution in [2.45, 2.75) is 18.6 Å². The molecule has 2 saturated heterocycles. The van der Waals surface area contributed by atoms with Crippen LogP contribution < -0.4 is 24.4 Å². The van der Waals surface area contributed by atoms with Gasteiger partial charge in [0, 0.05) is 24.1 Å². The summed E-state index contributed by atoms with van der Waals surface area (Å²) in [5.41, 5.74) is 1.08. The molecule has 4 heterocycles. The summed E-state index contributed by atoms with van der Waals surface area (Å²) >= 11 is 1.86. The number of hydrogen-bond acceptors (Lipinski definition) is 8. The topological polar surface area (TPSA) is 99.2 Å². The molecule has 3 aliphatic rings. The van der Waals surface area contributed by atoms with Crippen LogP contribution in [0, 0.1) is 0 Å². The fraction of sp³-hybridized carbons (Fsp3) is 0.381. The number of anilines is 1. The Bertz CT molecular complexity index is 980. The number of nitrogens with zero attached hydrogens (tertiary/aromatic N) is 2. The van der Waals surface area contributed by atoms with E-state index in [1.54, 1.807) is 30.3 Å². The molecular formula is C21H21N3O6S. The molecule has 2 aromatic rings. The van der Waals surface area contributed by atoms with Crippen LogP contribution in [0.5, 0.6) is 17.4 Å². The van der Waals surface area contributed by atoms with Gasteiger partial charge < -0.3 is 24.3 Å². The molecule has 0 bridgehead atoms. The van der Waals surface area contributed by atoms with E-state index < -0.39 is 12.2 Å². The molecule has 0 radical (unpaired) electrons. The third-order valence-corrected chi connectivity index (χ3v) is 6.34. The van der Waals surface area contributed by atoms with Crippen LogP contribution in [0.2, 0.25) is 0 Å². The number of thioether (sulfide) groups is 1. The van der Waals surface area contributed by atoms with E-state index in [2.05, 4.69) is 10.3 Å². The SMILES string of the molecule is O=C(NCC1CN(c2ccc3c(c2)OCO3)C(=O)O1)c1ccc(OC2CCSC2)nc1. The molecule has 2 atom stereocenters. The zero-order valence-electron chi connectivity index (χ0n) is 16.6. The number of aromatic nitrogens is 1. The van der Waals surface area contributed by atoms with Crippen molar-refractivity contribution in [1.82, 2.24) is 10.3 Å². The predicted octanol–water partition coefficient (Wildman–Crippen LogP) is 2.45. The number of benzene rings is 1. The Morgan fingerprint density at radius 3 is 2.97 bits per heavy atom. The summed E-state index contributed by atoms with van der Waals surface area (Å²) in [6.45, 7) is 0.686. The summed E-state index contributed by atoms with van der Waals surface area (Å²) in [4.78, 5) is 30.4. The molecule has 1 aromatic carbocycles. The van der Waals surface area contributed by atoms with Crippen LogP contribution in [0.3, 0.4) is 0 Å². The highest BCUT2D eigenvalue weighted by atomic mass is 32.2. The second-order valence-electron chi connectivity index (χ2n) is 7.35. The van der Waals surface area contributed by atoms with E-state index in [1.165, 1.54) is 11.1 Å². The molecule has 10 heteroatoms. The first-order valence-corrected chi connectivity index (χ1v) is 11.2. The number of carbonyl (C=O) groups is 2. The van der Waals surface area contributed by atoms with Crippen LogP contribution in [0.4, 0.5) is 10.5 Å². The summed E-state index contributed by atoms with van der Waals surface area (Å²) in [6, 6.07) is 8.65. The quantitative estimate of drug-likeness (QED) is 0.727. The number of rotatable bonds is 6. The first kappa shape index (κ1) is 19.8. The van der Waals surface area contributed by atoms with Crippen LogP contribution in [0.1, 0.15) is 16.8 Å². The molecule has 9 nitrogen and oxygen atoms in total. The van der Waals surface area contributed by atoms with Crippen molar-refractivity contribution in [3.63, 3.8) is 0 Å². The van der Waals surface area contributed by atoms with Crippen LogP contribution in [-0.2, 0) is 4.74 Å². The van der Waals surface area contributed by atoms with Gasteiger partial charge in [0.15, 0.2) is 11.5 Å². The number of ether oxygens (including phenoxy) is 4. The average Bonchev–Trinajstić information content (AvgIpc) is 3.53. The van der Waals surface area contributed by atoms with Gasteiger partial charge in [0.05, 0.1) is 24.3 Å². The number of carbonyl (C=O) groups excluding carboxylic acids is 2. The minimum absolute atomic E-state index is 0.166. The van der Waals surface area contributed by atoms with Crippen LogP contribution in [0.15, 0.2) is 36.5 Å². The molecule has 31 heavy (non-hydrogen) atoms. The molecule has 2 unspecified atom stereocenters. The van der Waals surface area contributed by atoms with Crippen LogP contribution >= 0.6 is 11.8 Å². The van der Waals surface area contributed by atoms with E-state index in [1.807, 2.05) is 11.8 Å². The van der Waals surface area contributed by atoms with E-state index in [9.17, 15) is 9.59 Å². The van der Waals surface area contributed by atoms with Gasteiger partial charge in [-0.3, -0.25) is 9.69 Å². The summed E-state index contributed by atoms with van der Waals surface area (Å²) in [5, 5.41) is 2.80. The van der Waals surface area contributed by atoms with Crippen molar-refractivity contribution < 1.29 is 28.5 Å². The van der Waals surface area contributed by atoms with Crippen molar-refractivity contribution in [3.05, 3.63) is 42.1 Å². The van der Waals surface area contributed by atoms with E-state index in [0.717, 1.165) is 17.9 Å². The van der Waals surface area contributed by atoms with Crippen LogP contribution in [-0.4, -0.2) is 60.6 Å². The summed E-state index contributed by atoms with van der Waals surface area (Å²) < 4.78 is 21.8. The van der Waals surface area contributed by atoms with Crippen molar-refractivity contribution >= 4 is 29.4 Å². The minimum Gasteiger partial charge on any atom is -0.473 e. The maximum Gasteiger partial charge on any atom is 0.414 e.